The van der Waals surface area contributed by atoms with Gasteiger partial charge < -0.3 is 5.32 Å². The third kappa shape index (κ3) is 3.72. The van der Waals surface area contributed by atoms with Crippen LogP contribution < -0.4 is 5.32 Å². The molecule has 0 fully saturated rings. The highest BCUT2D eigenvalue weighted by Crippen LogP contribution is 2.22. The van der Waals surface area contributed by atoms with Crippen LogP contribution in [0.2, 0.25) is 5.02 Å². The van der Waals surface area contributed by atoms with Crippen LogP contribution in [0, 0.1) is 5.82 Å². The summed E-state index contributed by atoms with van der Waals surface area (Å²) < 4.78 is 13.3. The van der Waals surface area contributed by atoms with E-state index in [2.05, 4.69) is 15.3 Å². The molecular formula is C14H15ClFN3. The van der Waals surface area contributed by atoms with E-state index in [9.17, 15) is 4.39 Å². The molecule has 1 unspecified atom stereocenters. The number of halogens is 2. The fraction of sp³-hybridized carbons (Fsp3) is 0.286. The van der Waals surface area contributed by atoms with E-state index in [0.717, 1.165) is 12.1 Å². The molecule has 2 aromatic rings. The first-order chi connectivity index (χ1) is 9.20. The van der Waals surface area contributed by atoms with Crippen molar-refractivity contribution in [2.75, 3.05) is 6.54 Å². The molecule has 1 aromatic carbocycles. The molecule has 0 amide bonds. The molecule has 0 saturated heterocycles. The monoisotopic (exact) mass is 279 g/mol. The van der Waals surface area contributed by atoms with Crippen molar-refractivity contribution in [2.24, 2.45) is 0 Å². The lowest BCUT2D eigenvalue weighted by Crippen LogP contribution is -2.25. The number of nitrogens with one attached hydrogen (secondary N) is 1. The number of likely N-dealkylation sites (N-methyl/N-ethyl adjacent to an activating group) is 1. The number of rotatable bonds is 5. The molecule has 100 valence electrons. The van der Waals surface area contributed by atoms with Crippen LogP contribution in [0.25, 0.3) is 0 Å². The van der Waals surface area contributed by atoms with Gasteiger partial charge in [-0.2, -0.15) is 0 Å². The Kier molecular flexibility index (Phi) is 4.82. The topological polar surface area (TPSA) is 37.8 Å². The van der Waals surface area contributed by atoms with Crippen molar-refractivity contribution in [1.82, 2.24) is 15.3 Å². The van der Waals surface area contributed by atoms with E-state index in [-0.39, 0.29) is 11.9 Å². The number of hydrogen-bond acceptors (Lipinski definition) is 3. The molecule has 1 atom stereocenters. The standard InChI is InChI=1S/C14H15ClFN3/c1-2-17-13(14-18-6-3-7-19-14)9-10-8-11(16)4-5-12(10)15/h3-8,13,17H,2,9H2,1H3. The summed E-state index contributed by atoms with van der Waals surface area (Å²) in [6, 6.07) is 6.07. The highest BCUT2D eigenvalue weighted by molar-refractivity contribution is 6.31. The minimum atomic E-state index is -0.288. The van der Waals surface area contributed by atoms with Crippen LogP contribution in [-0.2, 0) is 6.42 Å². The smallest absolute Gasteiger partial charge is 0.145 e. The second-order valence-corrected chi connectivity index (χ2v) is 4.56. The first-order valence-corrected chi connectivity index (χ1v) is 6.52. The predicted octanol–water partition coefficient (Wildman–Crippen LogP) is 3.16. The Morgan fingerprint density at radius 3 is 2.74 bits per heavy atom. The maximum Gasteiger partial charge on any atom is 0.145 e. The average molecular weight is 280 g/mol. The Hall–Kier alpha value is -1.52. The van der Waals surface area contributed by atoms with E-state index in [0.29, 0.717) is 17.3 Å². The van der Waals surface area contributed by atoms with Gasteiger partial charge in [-0.1, -0.05) is 18.5 Å². The summed E-state index contributed by atoms with van der Waals surface area (Å²) in [4.78, 5) is 8.47. The fourth-order valence-corrected chi connectivity index (χ4v) is 2.11. The predicted molar refractivity (Wildman–Crippen MR) is 73.6 cm³/mol. The Balaban J connectivity index is 2.24. The lowest BCUT2D eigenvalue weighted by atomic mass is 10.0. The molecule has 0 bridgehead atoms. The summed E-state index contributed by atoms with van der Waals surface area (Å²) >= 11 is 6.09. The molecule has 1 aromatic heterocycles. The minimum Gasteiger partial charge on any atom is -0.307 e. The molecule has 0 aliphatic carbocycles. The van der Waals surface area contributed by atoms with Crippen LogP contribution in [-0.4, -0.2) is 16.5 Å². The summed E-state index contributed by atoms with van der Waals surface area (Å²) in [5, 5.41) is 3.84. The van der Waals surface area contributed by atoms with Gasteiger partial charge in [-0.25, -0.2) is 14.4 Å². The first-order valence-electron chi connectivity index (χ1n) is 6.15. The van der Waals surface area contributed by atoms with Crippen LogP contribution in [0.4, 0.5) is 4.39 Å². The van der Waals surface area contributed by atoms with Gasteiger partial charge in [-0.3, -0.25) is 0 Å². The van der Waals surface area contributed by atoms with Crippen molar-refractivity contribution in [3.8, 4) is 0 Å². The lowest BCUT2D eigenvalue weighted by Gasteiger charge is -2.17. The Bertz CT molecular complexity index is 533. The molecule has 0 saturated carbocycles. The number of benzene rings is 1. The molecule has 2 rings (SSSR count). The van der Waals surface area contributed by atoms with Gasteiger partial charge in [-0.15, -0.1) is 0 Å². The quantitative estimate of drug-likeness (QED) is 0.914. The minimum absolute atomic E-state index is 0.0782. The Labute approximate surface area is 116 Å². The molecule has 1 heterocycles. The van der Waals surface area contributed by atoms with E-state index in [1.807, 2.05) is 6.92 Å². The second-order valence-electron chi connectivity index (χ2n) is 4.16. The molecule has 0 radical (unpaired) electrons. The highest BCUT2D eigenvalue weighted by atomic mass is 35.5. The summed E-state index contributed by atoms with van der Waals surface area (Å²) in [6.45, 7) is 2.78. The lowest BCUT2D eigenvalue weighted by molar-refractivity contribution is 0.519. The number of nitrogens with zero attached hydrogens (tertiary/aromatic N) is 2. The molecule has 19 heavy (non-hydrogen) atoms. The van der Waals surface area contributed by atoms with E-state index >= 15 is 0 Å². The third-order valence-corrected chi connectivity index (χ3v) is 3.15. The largest absolute Gasteiger partial charge is 0.307 e. The van der Waals surface area contributed by atoms with E-state index in [1.165, 1.54) is 12.1 Å². The molecule has 5 heteroatoms. The fourth-order valence-electron chi connectivity index (χ4n) is 1.91. The normalized spacial score (nSPS) is 12.4. The van der Waals surface area contributed by atoms with Crippen molar-refractivity contribution in [3.05, 3.63) is 58.9 Å². The zero-order valence-corrected chi connectivity index (χ0v) is 11.4. The zero-order chi connectivity index (χ0) is 13.7. The van der Waals surface area contributed by atoms with Gasteiger partial charge in [0.1, 0.15) is 11.6 Å². The van der Waals surface area contributed by atoms with Gasteiger partial charge in [0, 0.05) is 17.4 Å². The van der Waals surface area contributed by atoms with Gasteiger partial charge in [0.05, 0.1) is 6.04 Å². The number of hydrogen-bond donors (Lipinski definition) is 1. The maximum absolute atomic E-state index is 13.3. The first kappa shape index (κ1) is 13.9. The zero-order valence-electron chi connectivity index (χ0n) is 10.6. The molecule has 0 aliphatic heterocycles. The van der Waals surface area contributed by atoms with Gasteiger partial charge >= 0.3 is 0 Å². The van der Waals surface area contributed by atoms with E-state index in [1.54, 1.807) is 24.5 Å². The van der Waals surface area contributed by atoms with Gasteiger partial charge in [-0.05, 0) is 42.8 Å². The second kappa shape index (κ2) is 6.59. The maximum atomic E-state index is 13.3. The molecule has 0 aliphatic rings. The van der Waals surface area contributed by atoms with Crippen LogP contribution in [0.5, 0.6) is 0 Å². The summed E-state index contributed by atoms with van der Waals surface area (Å²) in [5.74, 6) is 0.397. The van der Waals surface area contributed by atoms with Crippen molar-refractivity contribution >= 4 is 11.6 Å². The van der Waals surface area contributed by atoms with Crippen molar-refractivity contribution < 1.29 is 4.39 Å². The van der Waals surface area contributed by atoms with Crippen LogP contribution in [0.3, 0.4) is 0 Å². The molecule has 0 spiro atoms. The van der Waals surface area contributed by atoms with E-state index in [4.69, 9.17) is 11.6 Å². The Morgan fingerprint density at radius 2 is 2.05 bits per heavy atom. The molecule has 1 N–H and O–H groups in total. The van der Waals surface area contributed by atoms with E-state index < -0.39 is 0 Å². The molecule has 3 nitrogen and oxygen atoms in total. The van der Waals surface area contributed by atoms with Crippen LogP contribution in [0.1, 0.15) is 24.4 Å². The van der Waals surface area contributed by atoms with Crippen LogP contribution >= 0.6 is 11.6 Å². The highest BCUT2D eigenvalue weighted by Gasteiger charge is 2.15. The summed E-state index contributed by atoms with van der Waals surface area (Å²) in [6.07, 6.45) is 3.94. The SMILES string of the molecule is CCNC(Cc1cc(F)ccc1Cl)c1ncccn1. The van der Waals surface area contributed by atoms with Gasteiger partial charge in [0.25, 0.3) is 0 Å². The summed E-state index contributed by atoms with van der Waals surface area (Å²) in [7, 11) is 0. The van der Waals surface area contributed by atoms with Crippen molar-refractivity contribution in [2.45, 2.75) is 19.4 Å². The van der Waals surface area contributed by atoms with Crippen molar-refractivity contribution in [3.63, 3.8) is 0 Å². The Morgan fingerprint density at radius 1 is 1.32 bits per heavy atom. The third-order valence-electron chi connectivity index (χ3n) is 2.78. The average Bonchev–Trinajstić information content (AvgIpc) is 2.43. The van der Waals surface area contributed by atoms with Crippen LogP contribution in [0.15, 0.2) is 36.7 Å². The summed E-state index contributed by atoms with van der Waals surface area (Å²) in [5.41, 5.74) is 0.750. The number of aromatic nitrogens is 2. The molecular weight excluding hydrogens is 265 g/mol. The van der Waals surface area contributed by atoms with Gasteiger partial charge in [0.2, 0.25) is 0 Å². The van der Waals surface area contributed by atoms with Gasteiger partial charge in [0.15, 0.2) is 0 Å². The van der Waals surface area contributed by atoms with Crippen molar-refractivity contribution in [1.29, 1.82) is 0 Å².